The second-order valence-corrected chi connectivity index (χ2v) is 6.41. The standard InChI is InChI=1S/C15H18Cl3F/c16-9-15(10-17,12-5-1-2-6-12)8-11-4-3-7-13(19)14(11)18/h3-4,7,12H,1-2,5-6,8-10H2. The van der Waals surface area contributed by atoms with Gasteiger partial charge in [-0.25, -0.2) is 4.39 Å². The number of rotatable bonds is 5. The molecule has 4 heteroatoms. The molecule has 0 spiro atoms. The summed E-state index contributed by atoms with van der Waals surface area (Å²) in [5, 5.41) is 0.208. The highest BCUT2D eigenvalue weighted by atomic mass is 35.5. The van der Waals surface area contributed by atoms with Gasteiger partial charge in [0.15, 0.2) is 0 Å². The Morgan fingerprint density at radius 1 is 1.16 bits per heavy atom. The zero-order valence-electron chi connectivity index (χ0n) is 10.8. The first-order chi connectivity index (χ1) is 9.13. The van der Waals surface area contributed by atoms with Gasteiger partial charge >= 0.3 is 0 Å². The summed E-state index contributed by atoms with van der Waals surface area (Å²) >= 11 is 18.5. The van der Waals surface area contributed by atoms with Crippen LogP contribution in [-0.2, 0) is 6.42 Å². The molecule has 1 fully saturated rings. The van der Waals surface area contributed by atoms with Gasteiger partial charge in [0.2, 0.25) is 0 Å². The third-order valence-corrected chi connectivity index (χ3v) is 5.82. The lowest BCUT2D eigenvalue weighted by molar-refractivity contribution is 0.225. The summed E-state index contributed by atoms with van der Waals surface area (Å²) in [5.74, 6) is 1.13. The van der Waals surface area contributed by atoms with E-state index in [1.54, 1.807) is 6.07 Å². The summed E-state index contributed by atoms with van der Waals surface area (Å²) in [5.41, 5.74) is 0.645. The monoisotopic (exact) mass is 322 g/mol. The lowest BCUT2D eigenvalue weighted by Crippen LogP contribution is -2.35. The molecule has 2 rings (SSSR count). The first kappa shape index (κ1) is 15.4. The van der Waals surface area contributed by atoms with E-state index < -0.39 is 0 Å². The van der Waals surface area contributed by atoms with Crippen LogP contribution in [0.2, 0.25) is 5.02 Å². The molecule has 0 unspecified atom stereocenters. The minimum absolute atomic E-state index is 0.170. The summed E-state index contributed by atoms with van der Waals surface area (Å²) in [6.07, 6.45) is 5.44. The second kappa shape index (κ2) is 6.65. The van der Waals surface area contributed by atoms with E-state index >= 15 is 0 Å². The number of benzene rings is 1. The van der Waals surface area contributed by atoms with E-state index in [1.807, 2.05) is 6.07 Å². The van der Waals surface area contributed by atoms with Crippen LogP contribution in [0, 0.1) is 17.2 Å². The van der Waals surface area contributed by atoms with Crippen LogP contribution < -0.4 is 0 Å². The maximum absolute atomic E-state index is 13.5. The smallest absolute Gasteiger partial charge is 0.142 e. The van der Waals surface area contributed by atoms with Gasteiger partial charge in [-0.05, 0) is 36.8 Å². The van der Waals surface area contributed by atoms with E-state index in [9.17, 15) is 4.39 Å². The highest BCUT2D eigenvalue weighted by Crippen LogP contribution is 2.45. The Morgan fingerprint density at radius 3 is 2.37 bits per heavy atom. The summed E-state index contributed by atoms with van der Waals surface area (Å²) in [4.78, 5) is 0. The van der Waals surface area contributed by atoms with Crippen molar-refractivity contribution in [2.75, 3.05) is 11.8 Å². The minimum Gasteiger partial charge on any atom is -0.205 e. The highest BCUT2D eigenvalue weighted by Gasteiger charge is 2.39. The summed E-state index contributed by atoms with van der Waals surface area (Å²) in [6, 6.07) is 4.94. The molecule has 1 aromatic rings. The van der Waals surface area contributed by atoms with Gasteiger partial charge in [-0.2, -0.15) is 0 Å². The first-order valence-corrected chi connectivity index (χ1v) is 8.12. The van der Waals surface area contributed by atoms with Crippen molar-refractivity contribution in [2.45, 2.75) is 32.1 Å². The molecule has 0 N–H and O–H groups in total. The van der Waals surface area contributed by atoms with E-state index in [2.05, 4.69) is 0 Å². The number of hydrogen-bond donors (Lipinski definition) is 0. The fraction of sp³-hybridized carbons (Fsp3) is 0.600. The average Bonchev–Trinajstić information content (AvgIpc) is 2.95. The molecule has 1 aliphatic carbocycles. The summed E-state index contributed by atoms with van der Waals surface area (Å²) in [6.45, 7) is 0. The first-order valence-electron chi connectivity index (χ1n) is 6.68. The normalized spacial score (nSPS) is 17.1. The van der Waals surface area contributed by atoms with Crippen LogP contribution >= 0.6 is 34.8 Å². The largest absolute Gasteiger partial charge is 0.205 e. The molecule has 0 saturated heterocycles. The van der Waals surface area contributed by atoms with Gasteiger partial charge < -0.3 is 0 Å². The molecule has 0 heterocycles. The molecular formula is C15H18Cl3F. The molecular weight excluding hydrogens is 306 g/mol. The summed E-state index contributed by atoms with van der Waals surface area (Å²) < 4.78 is 13.5. The topological polar surface area (TPSA) is 0 Å². The van der Waals surface area contributed by atoms with Crippen molar-refractivity contribution in [2.24, 2.45) is 11.3 Å². The van der Waals surface area contributed by atoms with E-state index in [1.165, 1.54) is 18.9 Å². The molecule has 19 heavy (non-hydrogen) atoms. The number of alkyl halides is 2. The van der Waals surface area contributed by atoms with Crippen molar-refractivity contribution in [1.29, 1.82) is 0 Å². The lowest BCUT2D eigenvalue weighted by Gasteiger charge is -2.36. The predicted octanol–water partition coefficient (Wildman–Crippen LogP) is 5.68. The zero-order valence-corrected chi connectivity index (χ0v) is 13.0. The Bertz CT molecular complexity index is 423. The number of halogens is 4. The molecule has 0 aliphatic heterocycles. The Kier molecular flexibility index (Phi) is 5.39. The fourth-order valence-corrected chi connectivity index (χ4v) is 4.20. The zero-order chi connectivity index (χ0) is 13.9. The van der Waals surface area contributed by atoms with Crippen LogP contribution in [-0.4, -0.2) is 11.8 Å². The van der Waals surface area contributed by atoms with E-state index in [-0.39, 0.29) is 16.3 Å². The van der Waals surface area contributed by atoms with Gasteiger partial charge in [-0.3, -0.25) is 0 Å². The van der Waals surface area contributed by atoms with Crippen molar-refractivity contribution < 1.29 is 4.39 Å². The van der Waals surface area contributed by atoms with Crippen LogP contribution in [0.15, 0.2) is 18.2 Å². The van der Waals surface area contributed by atoms with Crippen molar-refractivity contribution >= 4 is 34.8 Å². The van der Waals surface area contributed by atoms with E-state index in [0.717, 1.165) is 18.4 Å². The van der Waals surface area contributed by atoms with Gasteiger partial charge in [0, 0.05) is 17.2 Å². The van der Waals surface area contributed by atoms with Crippen molar-refractivity contribution in [3.05, 3.63) is 34.6 Å². The second-order valence-electron chi connectivity index (χ2n) is 5.50. The van der Waals surface area contributed by atoms with Gasteiger partial charge in [0.25, 0.3) is 0 Å². The molecule has 0 nitrogen and oxygen atoms in total. The highest BCUT2D eigenvalue weighted by molar-refractivity contribution is 6.31. The molecule has 0 aromatic heterocycles. The van der Waals surface area contributed by atoms with Crippen molar-refractivity contribution in [3.63, 3.8) is 0 Å². The molecule has 0 bridgehead atoms. The Morgan fingerprint density at radius 2 is 1.79 bits per heavy atom. The van der Waals surface area contributed by atoms with Gasteiger partial charge in [0.1, 0.15) is 5.82 Å². The molecule has 0 atom stereocenters. The van der Waals surface area contributed by atoms with Crippen LogP contribution in [0.5, 0.6) is 0 Å². The van der Waals surface area contributed by atoms with Crippen molar-refractivity contribution in [1.82, 2.24) is 0 Å². The Balaban J connectivity index is 2.27. The summed E-state index contributed by atoms with van der Waals surface area (Å²) in [7, 11) is 0. The van der Waals surface area contributed by atoms with Crippen LogP contribution in [0.4, 0.5) is 4.39 Å². The van der Waals surface area contributed by atoms with Gasteiger partial charge in [-0.15, -0.1) is 23.2 Å². The van der Waals surface area contributed by atoms with Gasteiger partial charge in [0.05, 0.1) is 5.02 Å². The molecule has 1 aliphatic rings. The maximum atomic E-state index is 13.5. The Hall–Kier alpha value is 0.0200. The third-order valence-electron chi connectivity index (χ3n) is 4.33. The predicted molar refractivity (Wildman–Crippen MR) is 80.9 cm³/mol. The van der Waals surface area contributed by atoms with Crippen LogP contribution in [0.3, 0.4) is 0 Å². The SMILES string of the molecule is Fc1cccc(CC(CCl)(CCl)C2CCCC2)c1Cl. The molecule has 1 aromatic carbocycles. The number of hydrogen-bond acceptors (Lipinski definition) is 0. The molecule has 0 radical (unpaired) electrons. The quantitative estimate of drug-likeness (QED) is 0.612. The maximum Gasteiger partial charge on any atom is 0.142 e. The molecule has 0 amide bonds. The van der Waals surface area contributed by atoms with Crippen molar-refractivity contribution in [3.8, 4) is 0 Å². The third kappa shape index (κ3) is 3.20. The minimum atomic E-state index is -0.372. The fourth-order valence-electron chi connectivity index (χ4n) is 3.10. The van der Waals surface area contributed by atoms with Crippen LogP contribution in [0.1, 0.15) is 31.2 Å². The average molecular weight is 324 g/mol. The van der Waals surface area contributed by atoms with Gasteiger partial charge in [-0.1, -0.05) is 36.6 Å². The lowest BCUT2D eigenvalue weighted by atomic mass is 9.73. The molecule has 1 saturated carbocycles. The molecule has 106 valence electrons. The Labute approximate surface area is 129 Å². The van der Waals surface area contributed by atoms with Crippen LogP contribution in [0.25, 0.3) is 0 Å². The van der Waals surface area contributed by atoms with E-state index in [4.69, 9.17) is 34.8 Å². The van der Waals surface area contributed by atoms with E-state index in [0.29, 0.717) is 24.1 Å².